The van der Waals surface area contributed by atoms with Gasteiger partial charge in [-0.05, 0) is 23.3 Å². The molecule has 0 unspecified atom stereocenters. The molecule has 27 heavy (non-hydrogen) atoms. The summed E-state index contributed by atoms with van der Waals surface area (Å²) in [5.41, 5.74) is 1.25. The summed E-state index contributed by atoms with van der Waals surface area (Å²) in [5, 5.41) is 14.1. The molecule has 0 aliphatic rings. The Labute approximate surface area is 156 Å². The molecule has 2 rings (SSSR count). The van der Waals surface area contributed by atoms with Gasteiger partial charge in [-0.3, -0.25) is 4.79 Å². The number of alkyl carbamates (subject to hydrolysis) is 1. The molecule has 0 heterocycles. The van der Waals surface area contributed by atoms with Gasteiger partial charge >= 0.3 is 12.1 Å². The van der Waals surface area contributed by atoms with Crippen molar-refractivity contribution < 1.29 is 29.0 Å². The fourth-order valence-corrected chi connectivity index (χ4v) is 2.20. The van der Waals surface area contributed by atoms with Crippen LogP contribution in [0, 0.1) is 0 Å². The SMILES string of the molecule is COC(=O)[C@H](NC(=O)CNC(=O)OCc1ccccc1)c1ccc(O)cc1. The number of phenols is 1. The summed E-state index contributed by atoms with van der Waals surface area (Å²) >= 11 is 0. The first-order valence-electron chi connectivity index (χ1n) is 8.10. The van der Waals surface area contributed by atoms with Crippen LogP contribution in [0.2, 0.25) is 0 Å². The quantitative estimate of drug-likeness (QED) is 0.637. The molecule has 0 saturated carbocycles. The van der Waals surface area contributed by atoms with E-state index in [0.29, 0.717) is 5.56 Å². The highest BCUT2D eigenvalue weighted by Gasteiger charge is 2.23. The van der Waals surface area contributed by atoms with Gasteiger partial charge < -0.3 is 25.2 Å². The molecule has 0 aromatic heterocycles. The first kappa shape index (κ1) is 19.8. The van der Waals surface area contributed by atoms with Crippen LogP contribution in [-0.4, -0.2) is 36.7 Å². The van der Waals surface area contributed by atoms with E-state index in [0.717, 1.165) is 5.56 Å². The molecule has 0 saturated heterocycles. The van der Waals surface area contributed by atoms with Gasteiger partial charge in [0.25, 0.3) is 0 Å². The highest BCUT2D eigenvalue weighted by Crippen LogP contribution is 2.18. The summed E-state index contributed by atoms with van der Waals surface area (Å²) in [7, 11) is 1.20. The fraction of sp³-hybridized carbons (Fsp3) is 0.211. The van der Waals surface area contributed by atoms with Crippen LogP contribution in [0.4, 0.5) is 4.79 Å². The summed E-state index contributed by atoms with van der Waals surface area (Å²) in [6, 6.07) is 13.8. The largest absolute Gasteiger partial charge is 0.508 e. The third-order valence-corrected chi connectivity index (χ3v) is 3.57. The number of amides is 2. The van der Waals surface area contributed by atoms with Crippen LogP contribution < -0.4 is 10.6 Å². The average Bonchev–Trinajstić information content (AvgIpc) is 2.70. The number of benzene rings is 2. The monoisotopic (exact) mass is 372 g/mol. The Kier molecular flexibility index (Phi) is 7.18. The van der Waals surface area contributed by atoms with Crippen molar-refractivity contribution in [1.29, 1.82) is 0 Å². The molecule has 2 aromatic carbocycles. The van der Waals surface area contributed by atoms with E-state index in [2.05, 4.69) is 15.4 Å². The summed E-state index contributed by atoms with van der Waals surface area (Å²) < 4.78 is 9.68. The molecule has 142 valence electrons. The van der Waals surface area contributed by atoms with Gasteiger partial charge in [-0.2, -0.15) is 0 Å². The van der Waals surface area contributed by atoms with Crippen LogP contribution >= 0.6 is 0 Å². The molecule has 3 N–H and O–H groups in total. The van der Waals surface area contributed by atoms with E-state index in [9.17, 15) is 19.5 Å². The summed E-state index contributed by atoms with van der Waals surface area (Å²) in [4.78, 5) is 35.6. The number of esters is 1. The lowest BCUT2D eigenvalue weighted by molar-refractivity contribution is -0.145. The van der Waals surface area contributed by atoms with Gasteiger partial charge in [0, 0.05) is 0 Å². The van der Waals surface area contributed by atoms with Crippen molar-refractivity contribution in [3.05, 3.63) is 65.7 Å². The van der Waals surface area contributed by atoms with Crippen molar-refractivity contribution in [3.8, 4) is 5.75 Å². The molecule has 8 nitrogen and oxygen atoms in total. The zero-order chi connectivity index (χ0) is 19.6. The van der Waals surface area contributed by atoms with Crippen molar-refractivity contribution in [2.75, 3.05) is 13.7 Å². The Hall–Kier alpha value is -3.55. The number of carbonyl (C=O) groups is 3. The van der Waals surface area contributed by atoms with E-state index < -0.39 is 24.0 Å². The molecule has 1 atom stereocenters. The fourth-order valence-electron chi connectivity index (χ4n) is 2.20. The molecule has 0 aliphatic heterocycles. The normalized spacial score (nSPS) is 11.1. The molecule has 8 heteroatoms. The molecule has 0 aliphatic carbocycles. The van der Waals surface area contributed by atoms with Crippen LogP contribution in [0.15, 0.2) is 54.6 Å². The summed E-state index contributed by atoms with van der Waals surface area (Å²) in [6.07, 6.45) is -0.756. The number of phenolic OH excluding ortho intramolecular Hbond substituents is 1. The van der Waals surface area contributed by atoms with E-state index in [1.54, 1.807) is 12.1 Å². The second-order valence-corrected chi connectivity index (χ2v) is 5.53. The van der Waals surface area contributed by atoms with Crippen molar-refractivity contribution in [3.63, 3.8) is 0 Å². The standard InChI is InChI=1S/C19H20N2O6/c1-26-18(24)17(14-7-9-15(22)10-8-14)21-16(23)11-20-19(25)27-12-13-5-3-2-4-6-13/h2-10,17,22H,11-12H2,1H3,(H,20,25)(H,21,23)/t17-/m1/s1. The van der Waals surface area contributed by atoms with Crippen molar-refractivity contribution in [2.45, 2.75) is 12.6 Å². The topological polar surface area (TPSA) is 114 Å². The third-order valence-electron chi connectivity index (χ3n) is 3.57. The minimum absolute atomic E-state index is 0.0246. The van der Waals surface area contributed by atoms with Crippen LogP contribution in [-0.2, 0) is 25.7 Å². The third kappa shape index (κ3) is 6.35. The maximum Gasteiger partial charge on any atom is 0.407 e. The molecule has 2 aromatic rings. The number of carbonyl (C=O) groups excluding carboxylic acids is 3. The number of nitrogens with one attached hydrogen (secondary N) is 2. The van der Waals surface area contributed by atoms with E-state index >= 15 is 0 Å². The maximum atomic E-state index is 12.1. The summed E-state index contributed by atoms with van der Waals surface area (Å²) in [5.74, 6) is -1.26. The van der Waals surface area contributed by atoms with Crippen LogP contribution in [0.3, 0.4) is 0 Å². The van der Waals surface area contributed by atoms with Gasteiger partial charge in [-0.15, -0.1) is 0 Å². The lowest BCUT2D eigenvalue weighted by Gasteiger charge is -2.17. The van der Waals surface area contributed by atoms with Crippen molar-refractivity contribution in [1.82, 2.24) is 10.6 Å². The molecule has 0 bridgehead atoms. The Balaban J connectivity index is 1.85. The highest BCUT2D eigenvalue weighted by atomic mass is 16.5. The van der Waals surface area contributed by atoms with Crippen LogP contribution in [0.25, 0.3) is 0 Å². The van der Waals surface area contributed by atoms with Gasteiger partial charge in [-0.25, -0.2) is 9.59 Å². The van der Waals surface area contributed by atoms with E-state index in [1.807, 2.05) is 18.2 Å². The van der Waals surface area contributed by atoms with Gasteiger partial charge in [0.2, 0.25) is 5.91 Å². The number of rotatable bonds is 7. The Bertz CT molecular complexity index is 777. The molecular formula is C19H20N2O6. The molecule has 0 radical (unpaired) electrons. The van der Waals surface area contributed by atoms with E-state index in [-0.39, 0.29) is 18.9 Å². The number of methoxy groups -OCH3 is 1. The zero-order valence-electron chi connectivity index (χ0n) is 14.7. The first-order valence-corrected chi connectivity index (χ1v) is 8.10. The van der Waals surface area contributed by atoms with Gasteiger partial charge in [-0.1, -0.05) is 42.5 Å². The first-order chi connectivity index (χ1) is 13.0. The predicted octanol–water partition coefficient (Wildman–Crippen LogP) is 1.65. The predicted molar refractivity (Wildman–Crippen MR) is 95.6 cm³/mol. The van der Waals surface area contributed by atoms with Crippen molar-refractivity contribution in [2.24, 2.45) is 0 Å². The van der Waals surface area contributed by atoms with E-state index in [1.165, 1.54) is 31.4 Å². The second-order valence-electron chi connectivity index (χ2n) is 5.53. The van der Waals surface area contributed by atoms with Gasteiger partial charge in [0.05, 0.1) is 7.11 Å². The number of aromatic hydroxyl groups is 1. The lowest BCUT2D eigenvalue weighted by Crippen LogP contribution is -2.41. The van der Waals surface area contributed by atoms with E-state index in [4.69, 9.17) is 4.74 Å². The average molecular weight is 372 g/mol. The van der Waals surface area contributed by atoms with Crippen LogP contribution in [0.1, 0.15) is 17.2 Å². The highest BCUT2D eigenvalue weighted by molar-refractivity contribution is 5.87. The molecule has 0 spiro atoms. The lowest BCUT2D eigenvalue weighted by atomic mass is 10.1. The number of hydrogen-bond donors (Lipinski definition) is 3. The van der Waals surface area contributed by atoms with Crippen molar-refractivity contribution >= 4 is 18.0 Å². The minimum Gasteiger partial charge on any atom is -0.508 e. The Morgan fingerprint density at radius 3 is 2.33 bits per heavy atom. The second kappa shape index (κ2) is 9.81. The zero-order valence-corrected chi connectivity index (χ0v) is 14.7. The molecular weight excluding hydrogens is 352 g/mol. The number of ether oxygens (including phenoxy) is 2. The minimum atomic E-state index is -1.06. The Morgan fingerprint density at radius 1 is 1.04 bits per heavy atom. The molecule has 2 amide bonds. The summed E-state index contributed by atoms with van der Waals surface area (Å²) in [6.45, 7) is -0.300. The molecule has 0 fully saturated rings. The number of hydrogen-bond acceptors (Lipinski definition) is 6. The maximum absolute atomic E-state index is 12.1. The van der Waals surface area contributed by atoms with Crippen LogP contribution in [0.5, 0.6) is 5.75 Å². The van der Waals surface area contributed by atoms with Gasteiger partial charge in [0.15, 0.2) is 6.04 Å². The van der Waals surface area contributed by atoms with Gasteiger partial charge in [0.1, 0.15) is 18.9 Å². The smallest absolute Gasteiger partial charge is 0.407 e. The Morgan fingerprint density at radius 2 is 1.70 bits per heavy atom.